The van der Waals surface area contributed by atoms with Gasteiger partial charge in [-0.2, -0.15) is 5.10 Å². The predicted octanol–water partition coefficient (Wildman–Crippen LogP) is 5.66. The SMILES string of the molecule is Cc1cccc(C)c1C(=O)Nc1cn[nH]c1-c1nc2ccc(C(=O)CCCCN3CCCCC3)cc2[nH]1. The van der Waals surface area contributed by atoms with Crippen molar-refractivity contribution in [1.29, 1.82) is 0 Å². The van der Waals surface area contributed by atoms with Crippen LogP contribution in [0.15, 0.2) is 42.6 Å². The summed E-state index contributed by atoms with van der Waals surface area (Å²) in [6.07, 6.45) is 8.02. The molecule has 2 aromatic heterocycles. The van der Waals surface area contributed by atoms with Crippen LogP contribution in [0.5, 0.6) is 0 Å². The molecular weight excluding hydrogens is 464 g/mol. The third-order valence-corrected chi connectivity index (χ3v) is 7.21. The van der Waals surface area contributed by atoms with Gasteiger partial charge in [0.2, 0.25) is 0 Å². The van der Waals surface area contributed by atoms with Crippen LogP contribution in [-0.4, -0.2) is 56.4 Å². The lowest BCUT2D eigenvalue weighted by atomic mass is 10.0. The number of unbranched alkanes of at least 4 members (excludes halogenated alkanes) is 1. The molecule has 1 aliphatic rings. The van der Waals surface area contributed by atoms with E-state index in [4.69, 9.17) is 0 Å². The van der Waals surface area contributed by atoms with Crippen molar-refractivity contribution in [3.8, 4) is 11.5 Å². The molecule has 5 rings (SSSR count). The fourth-order valence-electron chi connectivity index (χ4n) is 5.17. The van der Waals surface area contributed by atoms with Gasteiger partial charge in [-0.15, -0.1) is 0 Å². The van der Waals surface area contributed by atoms with Crippen LogP contribution >= 0.6 is 0 Å². The van der Waals surface area contributed by atoms with Crippen molar-refractivity contribution in [3.05, 3.63) is 64.8 Å². The lowest BCUT2D eigenvalue weighted by Crippen LogP contribution is -2.30. The standard InChI is InChI=1S/C29H34N6O2/c1-19-9-8-10-20(2)26(19)29(37)33-24-18-30-34-27(24)28-31-22-13-12-21(17-23(22)32-28)25(36)11-4-7-16-35-14-5-3-6-15-35/h8-10,12-13,17-18H,3-7,11,14-16H2,1-2H3,(H,30,34)(H,31,32)(H,33,37). The molecule has 0 saturated carbocycles. The molecule has 0 unspecified atom stereocenters. The molecule has 1 amide bonds. The summed E-state index contributed by atoms with van der Waals surface area (Å²) in [6, 6.07) is 11.4. The molecule has 0 bridgehead atoms. The summed E-state index contributed by atoms with van der Waals surface area (Å²) in [4.78, 5) is 36.3. The van der Waals surface area contributed by atoms with Gasteiger partial charge in [0.15, 0.2) is 11.6 Å². The highest BCUT2D eigenvalue weighted by atomic mass is 16.1. The predicted molar refractivity (Wildman–Crippen MR) is 146 cm³/mol. The maximum Gasteiger partial charge on any atom is 0.256 e. The van der Waals surface area contributed by atoms with E-state index in [1.807, 2.05) is 50.2 Å². The Labute approximate surface area is 216 Å². The van der Waals surface area contributed by atoms with Crippen molar-refractivity contribution < 1.29 is 9.59 Å². The molecule has 1 fully saturated rings. The Morgan fingerprint density at radius 2 is 1.81 bits per heavy atom. The van der Waals surface area contributed by atoms with Gasteiger partial charge in [0, 0.05) is 17.5 Å². The van der Waals surface area contributed by atoms with E-state index in [1.165, 1.54) is 32.4 Å². The summed E-state index contributed by atoms with van der Waals surface area (Å²) in [7, 11) is 0. The number of nitrogens with one attached hydrogen (secondary N) is 3. The Morgan fingerprint density at radius 3 is 2.59 bits per heavy atom. The van der Waals surface area contributed by atoms with Crippen LogP contribution in [0.3, 0.4) is 0 Å². The first-order chi connectivity index (χ1) is 18.0. The van der Waals surface area contributed by atoms with E-state index in [9.17, 15) is 9.59 Å². The molecule has 4 aromatic rings. The molecule has 0 radical (unpaired) electrons. The molecule has 2 aromatic carbocycles. The molecule has 192 valence electrons. The average molecular weight is 499 g/mol. The number of nitrogens with zero attached hydrogens (tertiary/aromatic N) is 3. The fraction of sp³-hybridized carbons (Fsp3) is 0.379. The Balaban J connectivity index is 1.25. The molecular formula is C29H34N6O2. The van der Waals surface area contributed by atoms with Crippen molar-refractivity contribution in [2.24, 2.45) is 0 Å². The fourth-order valence-corrected chi connectivity index (χ4v) is 5.17. The minimum Gasteiger partial charge on any atom is -0.337 e. The Hall–Kier alpha value is -3.78. The summed E-state index contributed by atoms with van der Waals surface area (Å²) in [5, 5.41) is 10.0. The summed E-state index contributed by atoms with van der Waals surface area (Å²) < 4.78 is 0. The van der Waals surface area contributed by atoms with Crippen LogP contribution in [0, 0.1) is 13.8 Å². The first-order valence-electron chi connectivity index (χ1n) is 13.2. The van der Waals surface area contributed by atoms with Crippen molar-refractivity contribution in [1.82, 2.24) is 25.1 Å². The number of Topliss-reactive ketones (excluding diaryl/α,β-unsaturated/α-hetero) is 1. The minimum absolute atomic E-state index is 0.153. The number of fused-ring (bicyclic) bond motifs is 1. The quantitative estimate of drug-likeness (QED) is 0.204. The summed E-state index contributed by atoms with van der Waals surface area (Å²) in [5.41, 5.74) is 5.81. The van der Waals surface area contributed by atoms with Gasteiger partial charge >= 0.3 is 0 Å². The third-order valence-electron chi connectivity index (χ3n) is 7.21. The zero-order valence-corrected chi connectivity index (χ0v) is 21.6. The number of benzene rings is 2. The highest BCUT2D eigenvalue weighted by molar-refractivity contribution is 6.07. The zero-order valence-electron chi connectivity index (χ0n) is 21.6. The van der Waals surface area contributed by atoms with E-state index in [1.54, 1.807) is 6.20 Å². The number of imidazole rings is 1. The highest BCUT2D eigenvalue weighted by Crippen LogP contribution is 2.27. The van der Waals surface area contributed by atoms with E-state index < -0.39 is 0 Å². The van der Waals surface area contributed by atoms with Gasteiger partial charge in [0.05, 0.1) is 22.9 Å². The number of carbonyl (C=O) groups is 2. The number of piperidine rings is 1. The number of H-pyrrole nitrogens is 2. The van der Waals surface area contributed by atoms with Crippen LogP contribution in [0.1, 0.15) is 70.4 Å². The zero-order chi connectivity index (χ0) is 25.8. The van der Waals surface area contributed by atoms with Crippen molar-refractivity contribution >= 4 is 28.4 Å². The third kappa shape index (κ3) is 5.64. The lowest BCUT2D eigenvalue weighted by molar-refractivity contribution is 0.0976. The molecule has 1 aliphatic heterocycles. The highest BCUT2D eigenvalue weighted by Gasteiger charge is 2.18. The van der Waals surface area contributed by atoms with E-state index in [2.05, 4.69) is 30.4 Å². The Bertz CT molecular complexity index is 1390. The van der Waals surface area contributed by atoms with E-state index in [-0.39, 0.29) is 11.7 Å². The number of aromatic nitrogens is 4. The molecule has 0 spiro atoms. The van der Waals surface area contributed by atoms with Crippen LogP contribution in [0.2, 0.25) is 0 Å². The van der Waals surface area contributed by atoms with Gasteiger partial charge in [-0.25, -0.2) is 4.98 Å². The average Bonchev–Trinajstić information content (AvgIpc) is 3.53. The van der Waals surface area contributed by atoms with Gasteiger partial charge in [0.25, 0.3) is 5.91 Å². The van der Waals surface area contributed by atoms with Crippen LogP contribution < -0.4 is 5.32 Å². The Kier molecular flexibility index (Phi) is 7.46. The molecule has 3 heterocycles. The molecule has 1 saturated heterocycles. The number of carbonyl (C=O) groups excluding carboxylic acids is 2. The van der Waals surface area contributed by atoms with E-state index in [0.29, 0.717) is 34.8 Å². The second-order valence-electron chi connectivity index (χ2n) is 9.98. The van der Waals surface area contributed by atoms with Gasteiger partial charge in [-0.05, 0) is 88.5 Å². The van der Waals surface area contributed by atoms with Gasteiger partial charge in [0.1, 0.15) is 5.69 Å². The van der Waals surface area contributed by atoms with Crippen molar-refractivity contribution in [3.63, 3.8) is 0 Å². The lowest BCUT2D eigenvalue weighted by Gasteiger charge is -2.26. The van der Waals surface area contributed by atoms with Crippen molar-refractivity contribution in [2.75, 3.05) is 25.0 Å². The van der Waals surface area contributed by atoms with Crippen LogP contribution in [-0.2, 0) is 0 Å². The largest absolute Gasteiger partial charge is 0.337 e. The number of amides is 1. The molecule has 37 heavy (non-hydrogen) atoms. The second kappa shape index (κ2) is 11.1. The van der Waals surface area contributed by atoms with E-state index >= 15 is 0 Å². The number of aromatic amines is 2. The summed E-state index contributed by atoms with van der Waals surface area (Å²) in [6.45, 7) is 7.32. The second-order valence-corrected chi connectivity index (χ2v) is 9.98. The van der Waals surface area contributed by atoms with Gasteiger partial charge in [-0.1, -0.05) is 24.6 Å². The topological polar surface area (TPSA) is 107 Å². The smallest absolute Gasteiger partial charge is 0.256 e. The summed E-state index contributed by atoms with van der Waals surface area (Å²) in [5.74, 6) is 0.512. The van der Waals surface area contributed by atoms with Gasteiger partial charge in [-0.3, -0.25) is 14.7 Å². The monoisotopic (exact) mass is 498 g/mol. The molecule has 3 N–H and O–H groups in total. The maximum absolute atomic E-state index is 13.0. The number of rotatable bonds is 9. The number of likely N-dealkylation sites (tertiary alicyclic amines) is 1. The molecule has 8 nitrogen and oxygen atoms in total. The number of ketones is 1. The number of hydrogen-bond acceptors (Lipinski definition) is 5. The van der Waals surface area contributed by atoms with Crippen LogP contribution in [0.4, 0.5) is 5.69 Å². The normalized spacial score (nSPS) is 14.2. The first-order valence-corrected chi connectivity index (χ1v) is 13.2. The number of hydrogen-bond donors (Lipinski definition) is 3. The summed E-state index contributed by atoms with van der Waals surface area (Å²) >= 11 is 0. The first kappa shape index (κ1) is 24.9. The molecule has 0 atom stereocenters. The van der Waals surface area contributed by atoms with Crippen LogP contribution in [0.25, 0.3) is 22.6 Å². The van der Waals surface area contributed by atoms with Crippen molar-refractivity contribution in [2.45, 2.75) is 52.4 Å². The molecule has 0 aliphatic carbocycles. The number of anilines is 1. The maximum atomic E-state index is 13.0. The number of aryl methyl sites for hydroxylation is 2. The Morgan fingerprint density at radius 1 is 1.03 bits per heavy atom. The van der Waals surface area contributed by atoms with E-state index in [0.717, 1.165) is 41.5 Å². The minimum atomic E-state index is -0.192. The molecule has 8 heteroatoms. The van der Waals surface area contributed by atoms with Gasteiger partial charge < -0.3 is 15.2 Å².